The highest BCUT2D eigenvalue weighted by Gasteiger charge is 2.31. The third kappa shape index (κ3) is 4.87. The van der Waals surface area contributed by atoms with E-state index in [9.17, 15) is 22.8 Å². The van der Waals surface area contributed by atoms with Gasteiger partial charge in [-0.25, -0.2) is 4.79 Å². The molecule has 1 unspecified atom stereocenters. The molecule has 1 saturated heterocycles. The minimum atomic E-state index is -4.40. The van der Waals surface area contributed by atoms with Crippen LogP contribution in [0.25, 0.3) is 0 Å². The van der Waals surface area contributed by atoms with Gasteiger partial charge in [0, 0.05) is 20.1 Å². The summed E-state index contributed by atoms with van der Waals surface area (Å²) in [6.07, 6.45) is -4.40. The molecule has 3 N–H and O–H groups in total. The molecule has 1 aromatic rings. The standard InChI is InChI=1S/C16H20F3N5O2/c1-10(11-4-3-5-12(8-11)16(17,18)19)23-14(20-2)21-6-7-24-13(25)9-22-15(24)26/h3-5,8,10H,6-7,9H2,1-2H3,(H,22,26)(H2,20,21,23). The van der Waals surface area contributed by atoms with Crippen LogP contribution in [0.5, 0.6) is 0 Å². The predicted octanol–water partition coefficient (Wildman–Crippen LogP) is 1.48. The maximum absolute atomic E-state index is 12.8. The summed E-state index contributed by atoms with van der Waals surface area (Å²) in [7, 11) is 1.52. The Morgan fingerprint density at radius 1 is 1.38 bits per heavy atom. The SMILES string of the molecule is CN=C(NCCN1C(=O)CNC1=O)NC(C)c1cccc(C(F)(F)F)c1. The quantitative estimate of drug-likeness (QED) is 0.416. The van der Waals surface area contributed by atoms with Gasteiger partial charge in [0.2, 0.25) is 5.91 Å². The lowest BCUT2D eigenvalue weighted by Gasteiger charge is -2.20. The number of nitrogens with zero attached hydrogens (tertiary/aromatic N) is 2. The zero-order chi connectivity index (χ0) is 19.3. The summed E-state index contributed by atoms with van der Waals surface area (Å²) in [5.74, 6) is 0.0408. The van der Waals surface area contributed by atoms with Crippen LogP contribution < -0.4 is 16.0 Å². The van der Waals surface area contributed by atoms with Crippen molar-refractivity contribution in [3.05, 3.63) is 35.4 Å². The molecule has 0 spiro atoms. The van der Waals surface area contributed by atoms with Crippen LogP contribution >= 0.6 is 0 Å². The van der Waals surface area contributed by atoms with E-state index in [0.29, 0.717) is 11.5 Å². The van der Waals surface area contributed by atoms with Crippen LogP contribution in [0.2, 0.25) is 0 Å². The summed E-state index contributed by atoms with van der Waals surface area (Å²) >= 11 is 0. The number of hydrogen-bond donors (Lipinski definition) is 3. The van der Waals surface area contributed by atoms with Crippen LogP contribution in [0.15, 0.2) is 29.3 Å². The Bertz CT molecular complexity index is 689. The van der Waals surface area contributed by atoms with Crippen molar-refractivity contribution in [3.63, 3.8) is 0 Å². The fourth-order valence-corrected chi connectivity index (χ4v) is 2.44. The van der Waals surface area contributed by atoms with E-state index in [1.807, 2.05) is 0 Å². The molecule has 3 amide bonds. The Kier molecular flexibility index (Phi) is 6.06. The fourth-order valence-electron chi connectivity index (χ4n) is 2.44. The maximum atomic E-state index is 12.8. The first-order chi connectivity index (χ1) is 12.2. The minimum Gasteiger partial charge on any atom is -0.355 e. The first-order valence-electron chi connectivity index (χ1n) is 7.95. The molecule has 142 valence electrons. The second-order valence-electron chi connectivity index (χ2n) is 5.69. The highest BCUT2D eigenvalue weighted by molar-refractivity contribution is 6.01. The van der Waals surface area contributed by atoms with Crippen molar-refractivity contribution < 1.29 is 22.8 Å². The van der Waals surface area contributed by atoms with E-state index in [2.05, 4.69) is 20.9 Å². The van der Waals surface area contributed by atoms with E-state index in [0.717, 1.165) is 17.0 Å². The van der Waals surface area contributed by atoms with E-state index < -0.39 is 23.8 Å². The molecule has 1 aliphatic heterocycles. The van der Waals surface area contributed by atoms with Crippen molar-refractivity contribution in [2.45, 2.75) is 19.1 Å². The number of urea groups is 1. The number of nitrogens with one attached hydrogen (secondary N) is 3. The summed E-state index contributed by atoms with van der Waals surface area (Å²) < 4.78 is 38.4. The first kappa shape index (κ1) is 19.5. The summed E-state index contributed by atoms with van der Waals surface area (Å²) in [5.41, 5.74) is -0.262. The molecule has 7 nitrogen and oxygen atoms in total. The normalized spacial score (nSPS) is 16.5. The highest BCUT2D eigenvalue weighted by Crippen LogP contribution is 2.30. The number of aliphatic imine (C=N–C) groups is 1. The number of imide groups is 1. The Morgan fingerprint density at radius 2 is 2.12 bits per heavy atom. The van der Waals surface area contributed by atoms with Gasteiger partial charge in [-0.1, -0.05) is 12.1 Å². The van der Waals surface area contributed by atoms with E-state index in [-0.39, 0.29) is 25.5 Å². The molecule has 2 rings (SSSR count). The molecular formula is C16H20F3N5O2. The van der Waals surface area contributed by atoms with Crippen molar-refractivity contribution >= 4 is 17.9 Å². The van der Waals surface area contributed by atoms with Crippen molar-refractivity contribution in [1.29, 1.82) is 0 Å². The number of carbonyl (C=O) groups excluding carboxylic acids is 2. The van der Waals surface area contributed by atoms with Gasteiger partial charge in [0.15, 0.2) is 5.96 Å². The van der Waals surface area contributed by atoms with Crippen LogP contribution in [0.1, 0.15) is 24.1 Å². The van der Waals surface area contributed by atoms with Crippen molar-refractivity contribution in [3.8, 4) is 0 Å². The van der Waals surface area contributed by atoms with E-state index in [4.69, 9.17) is 0 Å². The summed E-state index contributed by atoms with van der Waals surface area (Å²) in [5, 5.41) is 8.32. The molecular weight excluding hydrogens is 351 g/mol. The zero-order valence-corrected chi connectivity index (χ0v) is 14.4. The number of carbonyl (C=O) groups is 2. The molecule has 1 fully saturated rings. The Morgan fingerprint density at radius 3 is 2.69 bits per heavy atom. The maximum Gasteiger partial charge on any atom is 0.416 e. The van der Waals surface area contributed by atoms with Crippen LogP contribution in [0, 0.1) is 0 Å². The number of hydrogen-bond acceptors (Lipinski definition) is 3. The average Bonchev–Trinajstić information content (AvgIpc) is 2.92. The second-order valence-corrected chi connectivity index (χ2v) is 5.69. The van der Waals surface area contributed by atoms with Crippen molar-refractivity contribution in [1.82, 2.24) is 20.9 Å². The van der Waals surface area contributed by atoms with Crippen molar-refractivity contribution in [2.24, 2.45) is 4.99 Å². The smallest absolute Gasteiger partial charge is 0.355 e. The molecule has 1 heterocycles. The summed E-state index contributed by atoms with van der Waals surface area (Å²) in [4.78, 5) is 28.0. The average molecular weight is 371 g/mol. The Hall–Kier alpha value is -2.78. The zero-order valence-electron chi connectivity index (χ0n) is 14.4. The lowest BCUT2D eigenvalue weighted by atomic mass is 10.1. The molecule has 10 heteroatoms. The van der Waals surface area contributed by atoms with Gasteiger partial charge in [0.1, 0.15) is 0 Å². The van der Waals surface area contributed by atoms with E-state index in [1.54, 1.807) is 13.0 Å². The van der Waals surface area contributed by atoms with Crippen LogP contribution in [0.4, 0.5) is 18.0 Å². The van der Waals surface area contributed by atoms with Gasteiger partial charge in [-0.15, -0.1) is 0 Å². The van der Waals surface area contributed by atoms with Crippen LogP contribution in [-0.4, -0.2) is 49.5 Å². The molecule has 0 saturated carbocycles. The molecule has 0 bridgehead atoms. The van der Waals surface area contributed by atoms with E-state index >= 15 is 0 Å². The topological polar surface area (TPSA) is 85.8 Å². The molecule has 26 heavy (non-hydrogen) atoms. The molecule has 1 aliphatic rings. The van der Waals surface area contributed by atoms with Crippen LogP contribution in [-0.2, 0) is 11.0 Å². The van der Waals surface area contributed by atoms with Gasteiger partial charge >= 0.3 is 12.2 Å². The highest BCUT2D eigenvalue weighted by atomic mass is 19.4. The van der Waals surface area contributed by atoms with Gasteiger partial charge in [0.05, 0.1) is 18.2 Å². The molecule has 0 radical (unpaired) electrons. The van der Waals surface area contributed by atoms with Gasteiger partial charge in [-0.3, -0.25) is 14.7 Å². The molecule has 1 aromatic carbocycles. The molecule has 0 aliphatic carbocycles. The van der Waals surface area contributed by atoms with Crippen molar-refractivity contribution in [2.75, 3.05) is 26.7 Å². The molecule has 0 aromatic heterocycles. The number of guanidine groups is 1. The van der Waals surface area contributed by atoms with Gasteiger partial charge < -0.3 is 16.0 Å². The Labute approximate surface area is 148 Å². The van der Waals surface area contributed by atoms with Gasteiger partial charge in [-0.2, -0.15) is 13.2 Å². The lowest BCUT2D eigenvalue weighted by Crippen LogP contribution is -2.43. The van der Waals surface area contributed by atoms with Crippen LogP contribution in [0.3, 0.4) is 0 Å². The van der Waals surface area contributed by atoms with E-state index in [1.165, 1.54) is 13.1 Å². The minimum absolute atomic E-state index is 0.0155. The number of alkyl halides is 3. The fraction of sp³-hybridized carbons (Fsp3) is 0.438. The summed E-state index contributed by atoms with van der Waals surface area (Å²) in [6, 6.07) is 4.16. The third-order valence-corrected chi connectivity index (χ3v) is 3.86. The monoisotopic (exact) mass is 371 g/mol. The first-order valence-corrected chi connectivity index (χ1v) is 7.95. The number of amides is 3. The van der Waals surface area contributed by atoms with Gasteiger partial charge in [-0.05, 0) is 24.6 Å². The number of benzene rings is 1. The summed E-state index contributed by atoms with van der Waals surface area (Å²) in [6.45, 7) is 2.11. The largest absolute Gasteiger partial charge is 0.416 e. The number of rotatable bonds is 5. The predicted molar refractivity (Wildman–Crippen MR) is 89.5 cm³/mol. The third-order valence-electron chi connectivity index (χ3n) is 3.86. The number of halogens is 3. The lowest BCUT2D eigenvalue weighted by molar-refractivity contribution is -0.137. The van der Waals surface area contributed by atoms with Gasteiger partial charge in [0.25, 0.3) is 0 Å². The second kappa shape index (κ2) is 8.07. The Balaban J connectivity index is 1.91. The molecule has 1 atom stereocenters.